The van der Waals surface area contributed by atoms with E-state index in [1.54, 1.807) is 12.3 Å². The van der Waals surface area contributed by atoms with Gasteiger partial charge in [-0.2, -0.15) is 0 Å². The summed E-state index contributed by atoms with van der Waals surface area (Å²) in [6.07, 6.45) is 1.63. The summed E-state index contributed by atoms with van der Waals surface area (Å²) in [4.78, 5) is 8.27. The van der Waals surface area contributed by atoms with Gasteiger partial charge >= 0.3 is 0 Å². The van der Waals surface area contributed by atoms with E-state index in [1.165, 1.54) is 0 Å². The molecule has 0 amide bonds. The van der Waals surface area contributed by atoms with Gasteiger partial charge in [0, 0.05) is 18.3 Å². The third-order valence-corrected chi connectivity index (χ3v) is 2.83. The van der Waals surface area contributed by atoms with Gasteiger partial charge in [0.2, 0.25) is 5.88 Å². The van der Waals surface area contributed by atoms with E-state index in [2.05, 4.69) is 15.3 Å². The van der Waals surface area contributed by atoms with Crippen LogP contribution in [0.1, 0.15) is 26.3 Å². The summed E-state index contributed by atoms with van der Waals surface area (Å²) in [6.45, 7) is 6.05. The van der Waals surface area contributed by atoms with Gasteiger partial charge in [0.15, 0.2) is 5.96 Å². The number of anilines is 1. The highest BCUT2D eigenvalue weighted by atomic mass is 19.1. The number of guanidine groups is 1. The number of pyridine rings is 1. The van der Waals surface area contributed by atoms with Crippen LogP contribution in [-0.4, -0.2) is 16.5 Å². The number of benzene rings is 1. The number of ether oxygens (including phenoxy) is 1. The van der Waals surface area contributed by atoms with Crippen molar-refractivity contribution in [2.75, 3.05) is 5.32 Å². The Morgan fingerprint density at radius 2 is 2.00 bits per heavy atom. The van der Waals surface area contributed by atoms with Crippen LogP contribution in [-0.2, 0) is 6.54 Å². The van der Waals surface area contributed by atoms with Gasteiger partial charge in [-0.05, 0) is 38.5 Å². The topological polar surface area (TPSA) is 72.5 Å². The third kappa shape index (κ3) is 5.49. The van der Waals surface area contributed by atoms with Crippen molar-refractivity contribution in [2.45, 2.75) is 32.9 Å². The molecule has 2 rings (SSSR count). The maximum atomic E-state index is 13.5. The molecule has 7 heteroatoms. The fraction of sp³-hybridized carbons (Fsp3) is 0.294. The number of aromatic nitrogens is 1. The predicted octanol–water partition coefficient (Wildman–Crippen LogP) is 3.46. The van der Waals surface area contributed by atoms with Crippen LogP contribution in [0.2, 0.25) is 0 Å². The Kier molecular flexibility index (Phi) is 5.33. The highest BCUT2D eigenvalue weighted by Crippen LogP contribution is 2.16. The molecule has 0 aliphatic carbocycles. The molecule has 0 saturated carbocycles. The number of nitrogens with one attached hydrogen (secondary N) is 1. The van der Waals surface area contributed by atoms with Gasteiger partial charge in [-0.3, -0.25) is 0 Å². The lowest BCUT2D eigenvalue weighted by Crippen LogP contribution is -2.23. The van der Waals surface area contributed by atoms with Crippen molar-refractivity contribution in [1.82, 2.24) is 4.98 Å². The average Bonchev–Trinajstić information content (AvgIpc) is 2.49. The monoisotopic (exact) mass is 334 g/mol. The maximum absolute atomic E-state index is 13.5. The van der Waals surface area contributed by atoms with E-state index in [-0.39, 0.29) is 23.8 Å². The maximum Gasteiger partial charge on any atom is 0.213 e. The van der Waals surface area contributed by atoms with Gasteiger partial charge in [0.25, 0.3) is 0 Å². The van der Waals surface area contributed by atoms with Gasteiger partial charge in [-0.25, -0.2) is 18.8 Å². The molecule has 0 aliphatic rings. The second kappa shape index (κ2) is 7.25. The van der Waals surface area contributed by atoms with E-state index in [1.807, 2.05) is 26.8 Å². The van der Waals surface area contributed by atoms with Crippen molar-refractivity contribution < 1.29 is 13.5 Å². The number of rotatable bonds is 4. The lowest BCUT2D eigenvalue weighted by molar-refractivity contribution is 0.124. The number of nitrogens with zero attached hydrogens (tertiary/aromatic N) is 2. The average molecular weight is 334 g/mol. The van der Waals surface area contributed by atoms with Gasteiger partial charge < -0.3 is 15.8 Å². The minimum absolute atomic E-state index is 0.0190. The molecule has 0 fully saturated rings. The summed E-state index contributed by atoms with van der Waals surface area (Å²) < 4.78 is 32.2. The van der Waals surface area contributed by atoms with Crippen LogP contribution < -0.4 is 15.8 Å². The van der Waals surface area contributed by atoms with E-state index in [0.717, 1.165) is 23.8 Å². The molecule has 128 valence electrons. The third-order valence-electron chi connectivity index (χ3n) is 2.83. The molecule has 3 N–H and O–H groups in total. The molecule has 1 heterocycles. The number of nitrogens with two attached hydrogens (primary N) is 1. The Morgan fingerprint density at radius 1 is 1.25 bits per heavy atom. The summed E-state index contributed by atoms with van der Waals surface area (Å²) in [7, 11) is 0. The minimum atomic E-state index is -0.611. The van der Waals surface area contributed by atoms with Gasteiger partial charge in [-0.1, -0.05) is 6.07 Å². The fourth-order valence-corrected chi connectivity index (χ4v) is 1.83. The van der Waals surface area contributed by atoms with Crippen LogP contribution in [0.15, 0.2) is 41.5 Å². The summed E-state index contributed by atoms with van der Waals surface area (Å²) in [5.74, 6) is -0.678. The summed E-state index contributed by atoms with van der Waals surface area (Å²) in [6, 6.07) is 6.61. The zero-order valence-electron chi connectivity index (χ0n) is 13.8. The standard InChI is InChI=1S/C17H20F2N4O/c1-17(2,3)24-15-7-4-11(9-21-15)10-22-16(20)23-14-8-12(18)5-6-13(14)19/h4-9H,10H2,1-3H3,(H3,20,22,23). The predicted molar refractivity (Wildman–Crippen MR) is 89.9 cm³/mol. The van der Waals surface area contributed by atoms with Crippen LogP contribution >= 0.6 is 0 Å². The van der Waals surface area contributed by atoms with Gasteiger partial charge in [-0.15, -0.1) is 0 Å². The molecule has 0 atom stereocenters. The van der Waals surface area contributed by atoms with Crippen molar-refractivity contribution >= 4 is 11.6 Å². The van der Waals surface area contributed by atoms with E-state index in [9.17, 15) is 8.78 Å². The smallest absolute Gasteiger partial charge is 0.213 e. The molecule has 0 bridgehead atoms. The molecule has 0 saturated heterocycles. The van der Waals surface area contributed by atoms with E-state index in [4.69, 9.17) is 10.5 Å². The first-order chi connectivity index (χ1) is 11.2. The number of aliphatic imine (C=N–C) groups is 1. The van der Waals surface area contributed by atoms with Gasteiger partial charge in [0.05, 0.1) is 12.2 Å². The zero-order chi connectivity index (χ0) is 17.7. The van der Waals surface area contributed by atoms with Crippen molar-refractivity contribution in [3.05, 3.63) is 53.7 Å². The minimum Gasteiger partial charge on any atom is -0.472 e. The summed E-state index contributed by atoms with van der Waals surface area (Å²) >= 11 is 0. The normalized spacial score (nSPS) is 12.1. The highest BCUT2D eigenvalue weighted by molar-refractivity contribution is 5.92. The SMILES string of the molecule is CC(C)(C)Oc1ccc(CN=C(N)Nc2cc(F)ccc2F)cn1. The second-order valence-corrected chi connectivity index (χ2v) is 6.17. The number of hydrogen-bond donors (Lipinski definition) is 2. The van der Waals surface area contributed by atoms with Crippen LogP contribution in [0, 0.1) is 11.6 Å². The number of hydrogen-bond acceptors (Lipinski definition) is 3. The van der Waals surface area contributed by atoms with Gasteiger partial charge in [0.1, 0.15) is 17.2 Å². The van der Waals surface area contributed by atoms with Crippen molar-refractivity contribution in [3.63, 3.8) is 0 Å². The first-order valence-corrected chi connectivity index (χ1v) is 7.39. The molecule has 0 spiro atoms. The largest absolute Gasteiger partial charge is 0.472 e. The Balaban J connectivity index is 1.98. The molecule has 0 unspecified atom stereocenters. The van der Waals surface area contributed by atoms with E-state index < -0.39 is 11.6 Å². The van der Waals surface area contributed by atoms with Crippen LogP contribution in [0.5, 0.6) is 5.88 Å². The molecule has 0 aliphatic heterocycles. The van der Waals surface area contributed by atoms with E-state index >= 15 is 0 Å². The van der Waals surface area contributed by atoms with E-state index in [0.29, 0.717) is 5.88 Å². The lowest BCUT2D eigenvalue weighted by atomic mass is 10.2. The first kappa shape index (κ1) is 17.7. The lowest BCUT2D eigenvalue weighted by Gasteiger charge is -2.20. The number of halogens is 2. The molecule has 2 aromatic rings. The van der Waals surface area contributed by atoms with Crippen LogP contribution in [0.3, 0.4) is 0 Å². The molecule has 1 aromatic heterocycles. The van der Waals surface area contributed by atoms with Crippen molar-refractivity contribution in [3.8, 4) is 5.88 Å². The molecular formula is C17H20F2N4O. The first-order valence-electron chi connectivity index (χ1n) is 7.39. The Labute approximate surface area is 139 Å². The van der Waals surface area contributed by atoms with Crippen molar-refractivity contribution in [1.29, 1.82) is 0 Å². The van der Waals surface area contributed by atoms with Crippen LogP contribution in [0.25, 0.3) is 0 Å². The molecular weight excluding hydrogens is 314 g/mol. The quantitative estimate of drug-likeness (QED) is 0.663. The molecule has 24 heavy (non-hydrogen) atoms. The molecule has 1 aromatic carbocycles. The van der Waals surface area contributed by atoms with Crippen molar-refractivity contribution in [2.24, 2.45) is 10.7 Å². The Hall–Kier alpha value is -2.70. The second-order valence-electron chi connectivity index (χ2n) is 6.17. The molecule has 0 radical (unpaired) electrons. The molecule has 5 nitrogen and oxygen atoms in total. The Bertz CT molecular complexity index is 724. The highest BCUT2D eigenvalue weighted by Gasteiger charge is 2.12. The zero-order valence-corrected chi connectivity index (χ0v) is 13.8. The summed E-state index contributed by atoms with van der Waals surface area (Å²) in [5, 5.41) is 2.53. The van der Waals surface area contributed by atoms with Crippen LogP contribution in [0.4, 0.5) is 14.5 Å². The summed E-state index contributed by atoms with van der Waals surface area (Å²) in [5.41, 5.74) is 6.11. The Morgan fingerprint density at radius 3 is 2.62 bits per heavy atom. The fourth-order valence-electron chi connectivity index (χ4n) is 1.83.